The number of carboxylic acid groups (broad SMARTS) is 1. The normalized spacial score (nSPS) is 10.5. The van der Waals surface area contributed by atoms with Gasteiger partial charge < -0.3 is 9.67 Å². The lowest BCUT2D eigenvalue weighted by Gasteiger charge is -2.03. The highest BCUT2D eigenvalue weighted by Crippen LogP contribution is 2.25. The quantitative estimate of drug-likeness (QED) is 0.871. The number of nitrogens with zero attached hydrogens (tertiary/aromatic N) is 2. The van der Waals surface area contributed by atoms with Gasteiger partial charge in [-0.05, 0) is 18.2 Å². The lowest BCUT2D eigenvalue weighted by molar-refractivity contribution is 0.0687. The second-order valence-corrected chi connectivity index (χ2v) is 3.48. The van der Waals surface area contributed by atoms with Gasteiger partial charge in [-0.25, -0.2) is 18.6 Å². The minimum atomic E-state index is -1.25. The Morgan fingerprint density at radius 2 is 2.12 bits per heavy atom. The third kappa shape index (κ3) is 1.89. The molecule has 0 bridgehead atoms. The van der Waals surface area contributed by atoms with Crippen molar-refractivity contribution < 1.29 is 18.7 Å². The van der Waals surface area contributed by atoms with Gasteiger partial charge >= 0.3 is 5.97 Å². The number of halogens is 2. The number of carbonyl (C=O) groups is 1. The number of hydrogen-bond acceptors (Lipinski definition) is 2. The van der Waals surface area contributed by atoms with Gasteiger partial charge in [0, 0.05) is 12.6 Å². The molecule has 4 nitrogen and oxygen atoms in total. The molecule has 88 valence electrons. The van der Waals surface area contributed by atoms with Gasteiger partial charge in [0.25, 0.3) is 0 Å². The van der Waals surface area contributed by atoms with E-state index in [1.165, 1.54) is 17.9 Å². The number of aryl methyl sites for hydroxylation is 1. The van der Waals surface area contributed by atoms with Gasteiger partial charge in [-0.3, -0.25) is 0 Å². The van der Waals surface area contributed by atoms with E-state index in [-0.39, 0.29) is 17.0 Å². The van der Waals surface area contributed by atoms with Crippen molar-refractivity contribution in [1.29, 1.82) is 0 Å². The fourth-order valence-corrected chi connectivity index (χ4v) is 1.56. The maximum Gasteiger partial charge on any atom is 0.354 e. The van der Waals surface area contributed by atoms with Crippen molar-refractivity contribution in [2.45, 2.75) is 0 Å². The molecule has 1 N–H and O–H groups in total. The number of benzene rings is 1. The van der Waals surface area contributed by atoms with Crippen LogP contribution in [0, 0.1) is 11.6 Å². The summed E-state index contributed by atoms with van der Waals surface area (Å²) < 4.78 is 27.8. The predicted molar refractivity (Wildman–Crippen MR) is 55.5 cm³/mol. The summed E-state index contributed by atoms with van der Waals surface area (Å²) in [6, 6.07) is 2.82. The minimum Gasteiger partial charge on any atom is -0.477 e. The molecule has 1 aromatic heterocycles. The molecule has 0 spiro atoms. The first-order valence-electron chi connectivity index (χ1n) is 4.70. The number of aromatic carboxylic acids is 1. The van der Waals surface area contributed by atoms with Crippen LogP contribution in [-0.4, -0.2) is 20.6 Å². The number of carboxylic acids is 1. The largest absolute Gasteiger partial charge is 0.477 e. The molecule has 0 fully saturated rings. The lowest BCUT2D eigenvalue weighted by Crippen LogP contribution is -2.06. The van der Waals surface area contributed by atoms with Crippen LogP contribution in [0.1, 0.15) is 10.5 Å². The lowest BCUT2D eigenvalue weighted by atomic mass is 10.1. The van der Waals surface area contributed by atoms with Crippen molar-refractivity contribution in [2.24, 2.45) is 7.05 Å². The highest BCUT2D eigenvalue weighted by molar-refractivity contribution is 5.93. The number of imidazole rings is 1. The Morgan fingerprint density at radius 1 is 1.41 bits per heavy atom. The first kappa shape index (κ1) is 11.3. The topological polar surface area (TPSA) is 55.1 Å². The Morgan fingerprint density at radius 3 is 2.76 bits per heavy atom. The van der Waals surface area contributed by atoms with Gasteiger partial charge in [-0.1, -0.05) is 0 Å². The first-order valence-corrected chi connectivity index (χ1v) is 4.70. The molecule has 0 aliphatic heterocycles. The monoisotopic (exact) mass is 238 g/mol. The summed E-state index contributed by atoms with van der Waals surface area (Å²) in [6.07, 6.45) is 1.24. The molecule has 0 unspecified atom stereocenters. The molecule has 0 amide bonds. The van der Waals surface area contributed by atoms with E-state index in [2.05, 4.69) is 4.98 Å². The number of rotatable bonds is 2. The van der Waals surface area contributed by atoms with E-state index < -0.39 is 17.6 Å². The molecular weight excluding hydrogens is 230 g/mol. The second kappa shape index (κ2) is 3.97. The second-order valence-electron chi connectivity index (χ2n) is 3.48. The summed E-state index contributed by atoms with van der Waals surface area (Å²) in [5.41, 5.74) is -0.436. The van der Waals surface area contributed by atoms with E-state index in [1.807, 2.05) is 0 Å². The molecule has 0 aliphatic carbocycles. The van der Waals surface area contributed by atoms with Gasteiger partial charge in [0.2, 0.25) is 0 Å². The molecular formula is C11H8F2N2O2. The van der Waals surface area contributed by atoms with Crippen LogP contribution >= 0.6 is 0 Å². The van der Waals surface area contributed by atoms with Gasteiger partial charge in [-0.15, -0.1) is 0 Å². The van der Waals surface area contributed by atoms with Crippen LogP contribution < -0.4 is 0 Å². The third-order valence-electron chi connectivity index (χ3n) is 2.32. The molecule has 1 heterocycles. The standard InChI is InChI=1S/C11H8F2N2O2/c1-15-5-14-9(10(15)11(16)17)7-4-6(12)2-3-8(7)13/h2-5H,1H3,(H,16,17). The van der Waals surface area contributed by atoms with Crippen LogP contribution in [0.25, 0.3) is 11.3 Å². The predicted octanol–water partition coefficient (Wildman–Crippen LogP) is 2.06. The van der Waals surface area contributed by atoms with E-state index in [4.69, 9.17) is 5.11 Å². The third-order valence-corrected chi connectivity index (χ3v) is 2.32. The van der Waals surface area contributed by atoms with Crippen molar-refractivity contribution in [3.63, 3.8) is 0 Å². The summed E-state index contributed by atoms with van der Waals surface area (Å²) in [6.45, 7) is 0. The molecule has 6 heteroatoms. The van der Waals surface area contributed by atoms with Crippen molar-refractivity contribution in [3.05, 3.63) is 41.9 Å². The van der Waals surface area contributed by atoms with Crippen molar-refractivity contribution in [2.75, 3.05) is 0 Å². The highest BCUT2D eigenvalue weighted by atomic mass is 19.1. The summed E-state index contributed by atoms with van der Waals surface area (Å²) in [5, 5.41) is 8.98. The fourth-order valence-electron chi connectivity index (χ4n) is 1.56. The Balaban J connectivity index is 2.68. The van der Waals surface area contributed by atoms with Gasteiger partial charge in [0.05, 0.1) is 6.33 Å². The van der Waals surface area contributed by atoms with Crippen LogP contribution in [0.2, 0.25) is 0 Å². The molecule has 17 heavy (non-hydrogen) atoms. The summed E-state index contributed by atoms with van der Waals surface area (Å²) in [4.78, 5) is 14.8. The van der Waals surface area contributed by atoms with Crippen LogP contribution in [-0.2, 0) is 7.05 Å². The van der Waals surface area contributed by atoms with E-state index in [0.29, 0.717) is 0 Å². The van der Waals surface area contributed by atoms with Crippen LogP contribution in [0.5, 0.6) is 0 Å². The van der Waals surface area contributed by atoms with Crippen LogP contribution in [0.3, 0.4) is 0 Å². The zero-order valence-electron chi connectivity index (χ0n) is 8.82. The van der Waals surface area contributed by atoms with E-state index in [9.17, 15) is 13.6 Å². The molecule has 0 saturated heterocycles. The first-order chi connectivity index (χ1) is 8.00. The van der Waals surface area contributed by atoms with E-state index >= 15 is 0 Å². The van der Waals surface area contributed by atoms with E-state index in [0.717, 1.165) is 18.2 Å². The van der Waals surface area contributed by atoms with Crippen LogP contribution in [0.15, 0.2) is 24.5 Å². The molecule has 2 rings (SSSR count). The minimum absolute atomic E-state index is 0.0861. The average molecular weight is 238 g/mol. The Hall–Kier alpha value is -2.24. The molecule has 0 radical (unpaired) electrons. The number of aromatic nitrogens is 2. The van der Waals surface area contributed by atoms with Crippen molar-refractivity contribution >= 4 is 5.97 Å². The van der Waals surface area contributed by atoms with Crippen LogP contribution in [0.4, 0.5) is 8.78 Å². The maximum atomic E-state index is 13.5. The Kier molecular flexibility index (Phi) is 2.63. The summed E-state index contributed by atoms with van der Waals surface area (Å²) in [7, 11) is 1.47. The van der Waals surface area contributed by atoms with E-state index in [1.54, 1.807) is 0 Å². The zero-order valence-corrected chi connectivity index (χ0v) is 8.82. The zero-order chi connectivity index (χ0) is 12.6. The molecule has 0 atom stereocenters. The van der Waals surface area contributed by atoms with Gasteiger partial charge in [0.15, 0.2) is 5.69 Å². The highest BCUT2D eigenvalue weighted by Gasteiger charge is 2.20. The molecule has 2 aromatic rings. The Labute approximate surface area is 95.1 Å². The smallest absolute Gasteiger partial charge is 0.354 e. The van der Waals surface area contributed by atoms with Gasteiger partial charge in [0.1, 0.15) is 17.3 Å². The average Bonchev–Trinajstić information content (AvgIpc) is 2.64. The van der Waals surface area contributed by atoms with Gasteiger partial charge in [-0.2, -0.15) is 0 Å². The Bertz CT molecular complexity index is 593. The fraction of sp³-hybridized carbons (Fsp3) is 0.0909. The van der Waals surface area contributed by atoms with Crippen molar-refractivity contribution in [1.82, 2.24) is 9.55 Å². The molecule has 0 aliphatic rings. The maximum absolute atomic E-state index is 13.5. The molecule has 0 saturated carbocycles. The van der Waals surface area contributed by atoms with Crippen molar-refractivity contribution in [3.8, 4) is 11.3 Å². The SMILES string of the molecule is Cn1cnc(-c2cc(F)ccc2F)c1C(=O)O. The number of hydrogen-bond donors (Lipinski definition) is 1. The summed E-state index contributed by atoms with van der Waals surface area (Å²) >= 11 is 0. The summed E-state index contributed by atoms with van der Waals surface area (Å²) in [5.74, 6) is -2.61. The molecule has 1 aromatic carbocycles.